The summed E-state index contributed by atoms with van der Waals surface area (Å²) in [6.07, 6.45) is 1.95. The summed E-state index contributed by atoms with van der Waals surface area (Å²) >= 11 is 16.1. The number of Topliss-reactive ketones (excluding diaryl/α,β-unsaturated/α-hetero) is 1. The van der Waals surface area contributed by atoms with Gasteiger partial charge in [-0.15, -0.1) is 10.2 Å². The van der Waals surface area contributed by atoms with Crippen LogP contribution in [0.2, 0.25) is 10.0 Å². The normalized spacial score (nSPS) is 20.2. The number of rotatable bonds is 5. The molecule has 10 heteroatoms. The number of hydrogen-bond donors (Lipinski definition) is 1. The molecule has 0 bridgehead atoms. The minimum Gasteiger partial charge on any atom is -0.384 e. The third-order valence-corrected chi connectivity index (χ3v) is 8.59. The van der Waals surface area contributed by atoms with E-state index in [-0.39, 0.29) is 22.6 Å². The van der Waals surface area contributed by atoms with Crippen molar-refractivity contribution in [1.29, 1.82) is 5.26 Å². The Morgan fingerprint density at radius 3 is 2.64 bits per heavy atom. The Morgan fingerprint density at radius 2 is 2.00 bits per heavy atom. The van der Waals surface area contributed by atoms with Crippen LogP contribution in [0.5, 0.6) is 0 Å². The predicted octanol–water partition coefficient (Wildman–Crippen LogP) is 6.29. The van der Waals surface area contributed by atoms with E-state index in [1.54, 1.807) is 34.9 Å². The summed E-state index contributed by atoms with van der Waals surface area (Å²) in [6, 6.07) is 7.38. The molecule has 2 aliphatic rings. The Balaban J connectivity index is 1.96. The Hall–Kier alpha value is -2.05. The molecule has 0 spiro atoms. The van der Waals surface area contributed by atoms with E-state index in [0.29, 0.717) is 39.2 Å². The van der Waals surface area contributed by atoms with E-state index in [2.05, 4.69) is 23.2 Å². The first-order valence-corrected chi connectivity index (χ1v) is 13.1. The fourth-order valence-electron chi connectivity index (χ4n) is 4.34. The molecule has 2 N–H and O–H groups in total. The number of nitrogens with two attached hydrogens (primary N) is 1. The van der Waals surface area contributed by atoms with E-state index < -0.39 is 5.92 Å². The summed E-state index contributed by atoms with van der Waals surface area (Å²) in [5.74, 6) is 0.382. The van der Waals surface area contributed by atoms with Crippen LogP contribution >= 0.6 is 46.3 Å². The van der Waals surface area contributed by atoms with Crippen molar-refractivity contribution in [2.45, 2.75) is 50.3 Å². The number of anilines is 1. The van der Waals surface area contributed by atoms with Crippen molar-refractivity contribution in [3.63, 3.8) is 0 Å². The highest BCUT2D eigenvalue weighted by atomic mass is 35.5. The lowest BCUT2D eigenvalue weighted by atomic mass is 9.68. The number of halogens is 2. The molecule has 0 amide bonds. The van der Waals surface area contributed by atoms with E-state index >= 15 is 0 Å². The molecule has 1 unspecified atom stereocenters. The van der Waals surface area contributed by atoms with Crippen LogP contribution in [-0.2, 0) is 4.79 Å². The van der Waals surface area contributed by atoms with E-state index in [0.717, 1.165) is 22.2 Å². The molecule has 0 radical (unpaired) electrons. The van der Waals surface area contributed by atoms with Crippen molar-refractivity contribution in [2.24, 2.45) is 11.1 Å². The van der Waals surface area contributed by atoms with Crippen LogP contribution in [0.1, 0.15) is 51.5 Å². The first kappa shape index (κ1) is 24.1. The maximum Gasteiger partial charge on any atom is 0.219 e. The molecule has 0 saturated heterocycles. The predicted molar refractivity (Wildman–Crippen MR) is 134 cm³/mol. The van der Waals surface area contributed by atoms with Crippen LogP contribution in [0.4, 0.5) is 5.13 Å². The lowest BCUT2D eigenvalue weighted by molar-refractivity contribution is -0.118. The van der Waals surface area contributed by atoms with Crippen LogP contribution in [0.15, 0.2) is 45.2 Å². The SMILES string of the molecule is CCCSc1nnc(N2C(N)=C(C#N)C(c3c(Cl)cccc3Cl)C3=C2CC(C)(C)CC3=O)s1. The van der Waals surface area contributed by atoms with E-state index in [1.807, 2.05) is 13.8 Å². The zero-order chi connectivity index (χ0) is 23.9. The summed E-state index contributed by atoms with van der Waals surface area (Å²) in [5.41, 5.74) is 8.34. The molecule has 0 saturated carbocycles. The van der Waals surface area contributed by atoms with Gasteiger partial charge in [0.2, 0.25) is 5.13 Å². The minimum atomic E-state index is -0.729. The van der Waals surface area contributed by atoms with Crippen LogP contribution in [0, 0.1) is 16.7 Å². The van der Waals surface area contributed by atoms with Crippen molar-refractivity contribution in [2.75, 3.05) is 10.7 Å². The molecule has 4 rings (SSSR count). The standard InChI is InChI=1S/C23H23Cl2N5OS2/c1-4-8-32-22-29-28-21(33-22)30-15-9-23(2,3)10-16(31)19(15)17(12(11-26)20(30)27)18-13(24)6-5-7-14(18)25/h5-7,17H,4,8-10,27H2,1-3H3. The van der Waals surface area contributed by atoms with Gasteiger partial charge in [-0.1, -0.05) is 73.1 Å². The number of nitrogens with zero attached hydrogens (tertiary/aromatic N) is 4. The van der Waals surface area contributed by atoms with Gasteiger partial charge in [0, 0.05) is 39.1 Å². The van der Waals surface area contributed by atoms with Gasteiger partial charge >= 0.3 is 0 Å². The largest absolute Gasteiger partial charge is 0.384 e. The molecule has 172 valence electrons. The van der Waals surface area contributed by atoms with Crippen LogP contribution in [0.25, 0.3) is 0 Å². The molecule has 0 fully saturated rings. The second-order valence-electron chi connectivity index (χ2n) is 8.81. The molecule has 2 aromatic rings. The molecule has 1 aliphatic carbocycles. The Bertz CT molecular complexity index is 1210. The third kappa shape index (κ3) is 4.40. The van der Waals surface area contributed by atoms with Crippen molar-refractivity contribution in [1.82, 2.24) is 10.2 Å². The summed E-state index contributed by atoms with van der Waals surface area (Å²) in [7, 11) is 0. The quantitative estimate of drug-likeness (QED) is 0.463. The van der Waals surface area contributed by atoms with Gasteiger partial charge in [0.1, 0.15) is 5.82 Å². The number of hydrogen-bond acceptors (Lipinski definition) is 8. The number of aromatic nitrogens is 2. The van der Waals surface area contributed by atoms with Gasteiger partial charge in [0.15, 0.2) is 10.1 Å². The number of allylic oxidation sites excluding steroid dienone is 3. The second kappa shape index (κ2) is 9.30. The van der Waals surface area contributed by atoms with Crippen molar-refractivity contribution < 1.29 is 4.79 Å². The van der Waals surface area contributed by atoms with Gasteiger partial charge in [0.05, 0.1) is 17.6 Å². The molecule has 1 aromatic carbocycles. The number of carbonyl (C=O) groups is 1. The van der Waals surface area contributed by atoms with Gasteiger partial charge in [-0.05, 0) is 30.4 Å². The molecule has 1 aromatic heterocycles. The van der Waals surface area contributed by atoms with Crippen LogP contribution < -0.4 is 10.6 Å². The van der Waals surface area contributed by atoms with E-state index in [1.165, 1.54) is 11.3 Å². The third-order valence-electron chi connectivity index (χ3n) is 5.69. The molecule has 1 aliphatic heterocycles. The van der Waals surface area contributed by atoms with Crippen molar-refractivity contribution in [3.05, 3.63) is 56.5 Å². The summed E-state index contributed by atoms with van der Waals surface area (Å²) in [6.45, 7) is 6.20. The number of thioether (sulfide) groups is 1. The van der Waals surface area contributed by atoms with Crippen molar-refractivity contribution >= 4 is 57.2 Å². The minimum absolute atomic E-state index is 0.0439. The molecular formula is C23H23Cl2N5OS2. The average molecular weight is 521 g/mol. The Labute approximate surface area is 211 Å². The highest BCUT2D eigenvalue weighted by Crippen LogP contribution is 2.52. The molecular weight excluding hydrogens is 497 g/mol. The Morgan fingerprint density at radius 1 is 1.30 bits per heavy atom. The van der Waals surface area contributed by atoms with E-state index in [4.69, 9.17) is 28.9 Å². The monoisotopic (exact) mass is 519 g/mol. The zero-order valence-electron chi connectivity index (χ0n) is 18.5. The average Bonchev–Trinajstić information content (AvgIpc) is 3.19. The van der Waals surface area contributed by atoms with Gasteiger partial charge < -0.3 is 5.73 Å². The zero-order valence-corrected chi connectivity index (χ0v) is 21.6. The summed E-state index contributed by atoms with van der Waals surface area (Å²) in [5, 5.41) is 20.1. The fraction of sp³-hybridized carbons (Fsp3) is 0.391. The first-order valence-electron chi connectivity index (χ1n) is 10.5. The summed E-state index contributed by atoms with van der Waals surface area (Å²) < 4.78 is 0.818. The van der Waals surface area contributed by atoms with Crippen LogP contribution in [-0.4, -0.2) is 21.7 Å². The second-order valence-corrected chi connectivity index (χ2v) is 11.9. The van der Waals surface area contributed by atoms with Gasteiger partial charge in [-0.3, -0.25) is 9.69 Å². The van der Waals surface area contributed by atoms with Gasteiger partial charge in [0.25, 0.3) is 0 Å². The molecule has 6 nitrogen and oxygen atoms in total. The Kier molecular flexibility index (Phi) is 6.79. The molecule has 1 atom stereocenters. The van der Waals surface area contributed by atoms with Crippen LogP contribution in [0.3, 0.4) is 0 Å². The smallest absolute Gasteiger partial charge is 0.219 e. The highest BCUT2D eigenvalue weighted by molar-refractivity contribution is 8.01. The number of carbonyl (C=O) groups excluding carboxylic acids is 1. The maximum atomic E-state index is 13.6. The number of nitriles is 1. The first-order chi connectivity index (χ1) is 15.7. The number of ketones is 1. The van der Waals surface area contributed by atoms with Crippen molar-refractivity contribution in [3.8, 4) is 6.07 Å². The lowest BCUT2D eigenvalue weighted by Gasteiger charge is -2.42. The maximum absolute atomic E-state index is 13.6. The molecule has 2 heterocycles. The number of benzene rings is 1. The molecule has 33 heavy (non-hydrogen) atoms. The highest BCUT2D eigenvalue weighted by Gasteiger charge is 2.46. The topological polar surface area (TPSA) is 95.9 Å². The summed E-state index contributed by atoms with van der Waals surface area (Å²) in [4.78, 5) is 15.3. The van der Waals surface area contributed by atoms with E-state index in [9.17, 15) is 10.1 Å². The van der Waals surface area contributed by atoms with Gasteiger partial charge in [-0.25, -0.2) is 0 Å². The lowest BCUT2D eigenvalue weighted by Crippen LogP contribution is -2.42. The fourth-order valence-corrected chi connectivity index (χ4v) is 6.76. The van der Waals surface area contributed by atoms with Gasteiger partial charge in [-0.2, -0.15) is 5.26 Å².